The SMILES string of the molecule is Cc1ccccc1-n1nc(C(C)(C)C)cc1NC(=O)CN(Cc1ccco1)C(=O)c1cccc2ccccc12. The number of anilines is 1. The van der Waals surface area contributed by atoms with Gasteiger partial charge in [-0.2, -0.15) is 5.10 Å². The molecule has 39 heavy (non-hydrogen) atoms. The Kier molecular flexibility index (Phi) is 7.07. The van der Waals surface area contributed by atoms with Crippen molar-refractivity contribution in [2.75, 3.05) is 11.9 Å². The molecule has 0 aliphatic rings. The number of aromatic nitrogens is 2. The molecule has 0 unspecified atom stereocenters. The molecule has 7 nitrogen and oxygen atoms in total. The van der Waals surface area contributed by atoms with Gasteiger partial charge in [-0.15, -0.1) is 0 Å². The van der Waals surface area contributed by atoms with Gasteiger partial charge in [0.25, 0.3) is 5.91 Å². The number of amides is 2. The van der Waals surface area contributed by atoms with Gasteiger partial charge >= 0.3 is 0 Å². The molecule has 0 saturated carbocycles. The summed E-state index contributed by atoms with van der Waals surface area (Å²) in [5.74, 6) is 0.567. The molecule has 5 rings (SSSR count). The van der Waals surface area contributed by atoms with E-state index in [2.05, 4.69) is 26.1 Å². The molecule has 0 aliphatic heterocycles. The number of para-hydroxylation sites is 1. The molecule has 3 aromatic carbocycles. The zero-order valence-corrected chi connectivity index (χ0v) is 22.6. The van der Waals surface area contributed by atoms with Crippen LogP contribution in [0.15, 0.2) is 95.6 Å². The van der Waals surface area contributed by atoms with Crippen LogP contribution in [0.1, 0.15) is 48.1 Å². The van der Waals surface area contributed by atoms with Crippen LogP contribution in [0.4, 0.5) is 5.82 Å². The zero-order chi connectivity index (χ0) is 27.6. The minimum atomic E-state index is -0.328. The van der Waals surface area contributed by atoms with Crippen LogP contribution in [0, 0.1) is 6.92 Å². The number of carbonyl (C=O) groups is 2. The summed E-state index contributed by atoms with van der Waals surface area (Å²) in [5, 5.41) is 9.64. The van der Waals surface area contributed by atoms with Gasteiger partial charge < -0.3 is 14.6 Å². The first-order valence-corrected chi connectivity index (χ1v) is 13.0. The lowest BCUT2D eigenvalue weighted by atomic mass is 9.92. The normalized spacial score (nSPS) is 11.5. The highest BCUT2D eigenvalue weighted by molar-refractivity contribution is 6.08. The largest absolute Gasteiger partial charge is 0.467 e. The maximum Gasteiger partial charge on any atom is 0.255 e. The van der Waals surface area contributed by atoms with Gasteiger partial charge in [0.05, 0.1) is 24.2 Å². The summed E-state index contributed by atoms with van der Waals surface area (Å²) in [4.78, 5) is 28.8. The van der Waals surface area contributed by atoms with Crippen LogP contribution in [-0.4, -0.2) is 33.0 Å². The first kappa shape index (κ1) is 26.0. The molecule has 0 fully saturated rings. The standard InChI is InChI=1S/C32H32N4O3/c1-22-11-5-8-17-27(22)36-29(19-28(34-36)32(2,3)4)33-30(37)21-35(20-24-14-10-18-39-24)31(38)26-16-9-13-23-12-6-7-15-25(23)26/h5-19H,20-21H2,1-4H3,(H,33,37). The van der Waals surface area contributed by atoms with Crippen molar-refractivity contribution in [1.29, 1.82) is 0 Å². The maximum atomic E-state index is 13.8. The Morgan fingerprint density at radius 1 is 0.949 bits per heavy atom. The average Bonchev–Trinajstić information content (AvgIpc) is 3.58. The Bertz CT molecular complexity index is 1620. The van der Waals surface area contributed by atoms with Crippen LogP contribution in [-0.2, 0) is 16.8 Å². The first-order chi connectivity index (χ1) is 18.7. The third kappa shape index (κ3) is 5.62. The Labute approximate surface area is 228 Å². The van der Waals surface area contributed by atoms with Crippen LogP contribution in [0.5, 0.6) is 0 Å². The van der Waals surface area contributed by atoms with Crippen LogP contribution < -0.4 is 5.32 Å². The molecule has 0 spiro atoms. The molecule has 2 amide bonds. The second-order valence-electron chi connectivity index (χ2n) is 10.7. The predicted octanol–water partition coefficient (Wildman–Crippen LogP) is 6.51. The van der Waals surface area contributed by atoms with E-state index in [1.165, 1.54) is 4.90 Å². The monoisotopic (exact) mass is 520 g/mol. The third-order valence-electron chi connectivity index (χ3n) is 6.66. The van der Waals surface area contributed by atoms with Gasteiger partial charge in [-0.25, -0.2) is 4.68 Å². The van der Waals surface area contributed by atoms with E-state index in [1.807, 2.05) is 73.7 Å². The number of carbonyl (C=O) groups excluding carboxylic acids is 2. The van der Waals surface area contributed by atoms with Gasteiger partial charge in [-0.3, -0.25) is 9.59 Å². The van der Waals surface area contributed by atoms with Crippen molar-refractivity contribution in [1.82, 2.24) is 14.7 Å². The van der Waals surface area contributed by atoms with Crippen molar-refractivity contribution in [2.24, 2.45) is 0 Å². The molecule has 5 aromatic rings. The first-order valence-electron chi connectivity index (χ1n) is 13.0. The average molecular weight is 521 g/mol. The van der Waals surface area contributed by atoms with E-state index in [-0.39, 0.29) is 30.3 Å². The highest BCUT2D eigenvalue weighted by Gasteiger charge is 2.25. The Morgan fingerprint density at radius 3 is 2.44 bits per heavy atom. The molecule has 0 aliphatic carbocycles. The maximum absolute atomic E-state index is 13.8. The summed E-state index contributed by atoms with van der Waals surface area (Å²) in [6.07, 6.45) is 1.56. The van der Waals surface area contributed by atoms with E-state index in [1.54, 1.807) is 29.1 Å². The third-order valence-corrected chi connectivity index (χ3v) is 6.66. The fraction of sp³-hybridized carbons (Fsp3) is 0.219. The molecule has 198 valence electrons. The minimum Gasteiger partial charge on any atom is -0.467 e. The number of hydrogen-bond donors (Lipinski definition) is 1. The van der Waals surface area contributed by atoms with Gasteiger partial charge in [0.15, 0.2) is 0 Å². The number of benzene rings is 3. The highest BCUT2D eigenvalue weighted by Crippen LogP contribution is 2.28. The number of nitrogens with one attached hydrogen (secondary N) is 1. The molecule has 0 radical (unpaired) electrons. The van der Waals surface area contributed by atoms with Gasteiger partial charge in [0.1, 0.15) is 18.1 Å². The molecule has 0 bridgehead atoms. The Morgan fingerprint density at radius 2 is 1.69 bits per heavy atom. The Balaban J connectivity index is 1.46. The van der Waals surface area contributed by atoms with Gasteiger partial charge in [-0.05, 0) is 47.5 Å². The lowest BCUT2D eigenvalue weighted by Gasteiger charge is -2.22. The van der Waals surface area contributed by atoms with Crippen molar-refractivity contribution in [3.05, 3.63) is 114 Å². The summed E-state index contributed by atoms with van der Waals surface area (Å²) in [5.41, 5.74) is 3.07. The lowest BCUT2D eigenvalue weighted by Crippen LogP contribution is -2.37. The van der Waals surface area contributed by atoms with E-state index in [0.717, 1.165) is 27.7 Å². The number of nitrogens with zero attached hydrogens (tertiary/aromatic N) is 3. The molecule has 7 heteroatoms. The fourth-order valence-electron chi connectivity index (χ4n) is 4.55. The molecule has 0 atom stereocenters. The lowest BCUT2D eigenvalue weighted by molar-refractivity contribution is -0.117. The van der Waals surface area contributed by atoms with Crippen LogP contribution in [0.3, 0.4) is 0 Å². The molecular weight excluding hydrogens is 488 g/mol. The number of hydrogen-bond acceptors (Lipinski definition) is 4. The summed E-state index contributed by atoms with van der Waals surface area (Å²) in [7, 11) is 0. The van der Waals surface area contributed by atoms with E-state index in [4.69, 9.17) is 9.52 Å². The van der Waals surface area contributed by atoms with Crippen molar-refractivity contribution in [3.63, 3.8) is 0 Å². The van der Waals surface area contributed by atoms with Crippen molar-refractivity contribution >= 4 is 28.4 Å². The molecule has 0 saturated heterocycles. The van der Waals surface area contributed by atoms with Gasteiger partial charge in [-0.1, -0.05) is 75.4 Å². The number of fused-ring (bicyclic) bond motifs is 1. The van der Waals surface area contributed by atoms with Gasteiger partial charge in [0.2, 0.25) is 5.91 Å². The summed E-state index contributed by atoms with van der Waals surface area (Å²) in [6, 6.07) is 26.7. The molecule has 2 heterocycles. The molecular formula is C32H32N4O3. The fourth-order valence-corrected chi connectivity index (χ4v) is 4.55. The van der Waals surface area contributed by atoms with E-state index < -0.39 is 0 Å². The van der Waals surface area contributed by atoms with E-state index in [9.17, 15) is 9.59 Å². The van der Waals surface area contributed by atoms with Crippen molar-refractivity contribution in [3.8, 4) is 5.69 Å². The Hall–Kier alpha value is -4.65. The molecule has 2 aromatic heterocycles. The minimum absolute atomic E-state index is 0.159. The van der Waals surface area contributed by atoms with Crippen molar-refractivity contribution < 1.29 is 14.0 Å². The zero-order valence-electron chi connectivity index (χ0n) is 22.6. The quantitative estimate of drug-likeness (QED) is 0.265. The van der Waals surface area contributed by atoms with E-state index >= 15 is 0 Å². The van der Waals surface area contributed by atoms with Crippen LogP contribution in [0.25, 0.3) is 16.5 Å². The summed E-state index contributed by atoms with van der Waals surface area (Å²) >= 11 is 0. The number of rotatable bonds is 7. The topological polar surface area (TPSA) is 80.4 Å². The second kappa shape index (κ2) is 10.6. The van der Waals surface area contributed by atoms with Gasteiger partial charge in [0, 0.05) is 17.0 Å². The van der Waals surface area contributed by atoms with Crippen LogP contribution >= 0.6 is 0 Å². The van der Waals surface area contributed by atoms with Crippen LogP contribution in [0.2, 0.25) is 0 Å². The highest BCUT2D eigenvalue weighted by atomic mass is 16.3. The van der Waals surface area contributed by atoms with Crippen molar-refractivity contribution in [2.45, 2.75) is 39.7 Å². The number of aryl methyl sites for hydroxylation is 1. The summed E-state index contributed by atoms with van der Waals surface area (Å²) < 4.78 is 7.29. The van der Waals surface area contributed by atoms with E-state index in [0.29, 0.717) is 17.1 Å². The predicted molar refractivity (Wildman–Crippen MR) is 153 cm³/mol. The smallest absolute Gasteiger partial charge is 0.255 e. The molecule has 1 N–H and O–H groups in total. The number of furan rings is 1. The summed E-state index contributed by atoms with van der Waals surface area (Å²) in [6.45, 7) is 8.25. The second-order valence-corrected chi connectivity index (χ2v) is 10.7.